The molecule has 0 bridgehead atoms. The van der Waals surface area contributed by atoms with Crippen molar-refractivity contribution in [2.45, 2.75) is 57.5 Å². The summed E-state index contributed by atoms with van der Waals surface area (Å²) in [5.74, 6) is 1.11. The van der Waals surface area contributed by atoms with Crippen LogP contribution in [-0.2, 0) is 15.1 Å². The summed E-state index contributed by atoms with van der Waals surface area (Å²) in [7, 11) is 0. The molecule has 1 N–H and O–H groups in total. The van der Waals surface area contributed by atoms with Gasteiger partial charge in [0, 0.05) is 13.0 Å². The van der Waals surface area contributed by atoms with E-state index in [0.29, 0.717) is 42.7 Å². The van der Waals surface area contributed by atoms with Gasteiger partial charge in [0.15, 0.2) is 11.5 Å². The molecule has 4 amide bonds. The van der Waals surface area contributed by atoms with Crippen LogP contribution in [0, 0.1) is 0 Å². The summed E-state index contributed by atoms with van der Waals surface area (Å²) in [6, 6.07) is 12.8. The van der Waals surface area contributed by atoms with Crippen molar-refractivity contribution in [3.63, 3.8) is 0 Å². The van der Waals surface area contributed by atoms with Crippen LogP contribution in [0.2, 0.25) is 0 Å². The fourth-order valence-corrected chi connectivity index (χ4v) is 5.26. The topological polar surface area (TPSA) is 88.2 Å². The van der Waals surface area contributed by atoms with Gasteiger partial charge in [-0.25, -0.2) is 4.79 Å². The molecule has 5 rings (SSSR count). The van der Waals surface area contributed by atoms with Gasteiger partial charge in [0.25, 0.3) is 5.91 Å². The van der Waals surface area contributed by atoms with Gasteiger partial charge in [-0.3, -0.25) is 14.5 Å². The minimum Gasteiger partial charge on any atom is -0.490 e. The van der Waals surface area contributed by atoms with Crippen molar-refractivity contribution in [3.8, 4) is 11.5 Å². The Morgan fingerprint density at radius 1 is 1.06 bits per heavy atom. The number of rotatable bonds is 5. The SMILES string of the molecule is CC(C)c1ccc([C@@]2(C)NC(=O)N(CC(=O)N3CCC[C@H]3c3ccc4c(c3)OCCCO4)C2=O)cc1. The molecule has 0 radical (unpaired) electrons. The summed E-state index contributed by atoms with van der Waals surface area (Å²) in [5.41, 5.74) is 1.62. The molecule has 2 aromatic rings. The second-order valence-electron chi connectivity index (χ2n) is 10.2. The molecule has 8 nitrogen and oxygen atoms in total. The molecule has 2 aromatic carbocycles. The number of urea groups is 1. The maximum Gasteiger partial charge on any atom is 0.325 e. The normalized spacial score (nSPS) is 23.7. The second-order valence-corrected chi connectivity index (χ2v) is 10.2. The molecule has 0 unspecified atom stereocenters. The zero-order valence-electron chi connectivity index (χ0n) is 21.1. The maximum absolute atomic E-state index is 13.4. The molecule has 2 fully saturated rings. The smallest absolute Gasteiger partial charge is 0.325 e. The monoisotopic (exact) mass is 491 g/mol. The van der Waals surface area contributed by atoms with E-state index in [1.165, 1.54) is 0 Å². The largest absolute Gasteiger partial charge is 0.490 e. The molecule has 0 saturated carbocycles. The molecule has 3 aliphatic heterocycles. The average Bonchev–Trinajstić information content (AvgIpc) is 3.34. The molecule has 8 heteroatoms. The van der Waals surface area contributed by atoms with E-state index in [2.05, 4.69) is 19.2 Å². The van der Waals surface area contributed by atoms with Crippen LogP contribution in [0.25, 0.3) is 0 Å². The van der Waals surface area contributed by atoms with E-state index in [4.69, 9.17) is 9.47 Å². The lowest BCUT2D eigenvalue weighted by atomic mass is 9.90. The Morgan fingerprint density at radius 3 is 2.50 bits per heavy atom. The van der Waals surface area contributed by atoms with Crippen LogP contribution >= 0.6 is 0 Å². The third kappa shape index (κ3) is 4.29. The number of carbonyl (C=O) groups excluding carboxylic acids is 3. The van der Waals surface area contributed by atoms with E-state index in [0.717, 1.165) is 35.3 Å². The van der Waals surface area contributed by atoms with E-state index in [9.17, 15) is 14.4 Å². The Kier molecular flexibility index (Phi) is 6.36. The van der Waals surface area contributed by atoms with Crippen molar-refractivity contribution in [2.75, 3.05) is 26.3 Å². The van der Waals surface area contributed by atoms with Gasteiger partial charge in [0.2, 0.25) is 5.91 Å². The Bertz CT molecular complexity index is 1180. The lowest BCUT2D eigenvalue weighted by Crippen LogP contribution is -2.44. The molecular formula is C28H33N3O5. The first-order valence-electron chi connectivity index (χ1n) is 12.7. The maximum atomic E-state index is 13.4. The quantitative estimate of drug-likeness (QED) is 0.637. The summed E-state index contributed by atoms with van der Waals surface area (Å²) in [6.07, 6.45) is 2.49. The molecular weight excluding hydrogens is 458 g/mol. The molecule has 190 valence electrons. The number of hydrogen-bond acceptors (Lipinski definition) is 5. The van der Waals surface area contributed by atoms with E-state index in [-0.39, 0.29) is 18.5 Å². The van der Waals surface area contributed by atoms with Crippen LogP contribution in [-0.4, -0.2) is 53.9 Å². The van der Waals surface area contributed by atoms with Gasteiger partial charge >= 0.3 is 6.03 Å². The van der Waals surface area contributed by atoms with E-state index in [1.54, 1.807) is 11.8 Å². The highest BCUT2D eigenvalue weighted by Gasteiger charge is 2.50. The Hall–Kier alpha value is -3.55. The zero-order chi connectivity index (χ0) is 25.4. The summed E-state index contributed by atoms with van der Waals surface area (Å²) in [5, 5.41) is 2.81. The average molecular weight is 492 g/mol. The van der Waals surface area contributed by atoms with E-state index >= 15 is 0 Å². The molecule has 0 aliphatic carbocycles. The minimum atomic E-state index is -1.20. The van der Waals surface area contributed by atoms with Crippen LogP contribution in [0.3, 0.4) is 0 Å². The summed E-state index contributed by atoms with van der Waals surface area (Å²) < 4.78 is 11.6. The Balaban J connectivity index is 1.31. The van der Waals surface area contributed by atoms with E-state index < -0.39 is 17.5 Å². The van der Waals surface area contributed by atoms with Crippen LogP contribution in [0.4, 0.5) is 4.79 Å². The Labute approximate surface area is 211 Å². The number of carbonyl (C=O) groups is 3. The third-order valence-electron chi connectivity index (χ3n) is 7.45. The van der Waals surface area contributed by atoms with Crippen molar-refractivity contribution >= 4 is 17.8 Å². The second kappa shape index (κ2) is 9.48. The highest BCUT2D eigenvalue weighted by atomic mass is 16.5. The van der Waals surface area contributed by atoms with Gasteiger partial charge in [0.05, 0.1) is 19.3 Å². The van der Waals surface area contributed by atoms with Crippen LogP contribution in [0.15, 0.2) is 42.5 Å². The number of amides is 4. The van der Waals surface area contributed by atoms with Gasteiger partial charge in [-0.05, 0) is 54.5 Å². The van der Waals surface area contributed by atoms with Crippen molar-refractivity contribution in [3.05, 3.63) is 59.2 Å². The predicted octanol–water partition coefficient (Wildman–Crippen LogP) is 4.10. The molecule has 0 spiro atoms. The number of ether oxygens (including phenoxy) is 2. The summed E-state index contributed by atoms with van der Waals surface area (Å²) >= 11 is 0. The van der Waals surface area contributed by atoms with Gasteiger partial charge in [-0.1, -0.05) is 44.2 Å². The van der Waals surface area contributed by atoms with Gasteiger partial charge < -0.3 is 19.7 Å². The predicted molar refractivity (Wildman–Crippen MR) is 134 cm³/mol. The molecule has 3 aliphatic rings. The number of fused-ring (bicyclic) bond motifs is 1. The van der Waals surface area contributed by atoms with E-state index in [1.807, 2.05) is 42.5 Å². The van der Waals surface area contributed by atoms with Crippen LogP contribution in [0.5, 0.6) is 11.5 Å². The number of imide groups is 1. The van der Waals surface area contributed by atoms with Gasteiger partial charge in [-0.15, -0.1) is 0 Å². The summed E-state index contributed by atoms with van der Waals surface area (Å²) in [6.45, 7) is 7.40. The summed E-state index contributed by atoms with van der Waals surface area (Å²) in [4.78, 5) is 42.4. The lowest BCUT2D eigenvalue weighted by Gasteiger charge is -2.27. The van der Waals surface area contributed by atoms with Crippen molar-refractivity contribution in [1.29, 1.82) is 0 Å². The number of nitrogens with one attached hydrogen (secondary N) is 1. The fraction of sp³-hybridized carbons (Fsp3) is 0.464. The molecule has 2 saturated heterocycles. The standard InChI is InChI=1S/C28H33N3O5/c1-18(2)19-7-10-21(11-8-19)28(3)26(33)31(27(34)29-28)17-25(32)30-13-4-6-22(30)20-9-12-23-24(16-20)36-15-5-14-35-23/h7-12,16,18,22H,4-6,13-15,17H2,1-3H3,(H,29,34)/t22-,28+/m0/s1. The van der Waals surface area contributed by atoms with Crippen molar-refractivity contribution < 1.29 is 23.9 Å². The van der Waals surface area contributed by atoms with Gasteiger partial charge in [-0.2, -0.15) is 0 Å². The van der Waals surface area contributed by atoms with Crippen molar-refractivity contribution in [2.24, 2.45) is 0 Å². The lowest BCUT2D eigenvalue weighted by molar-refractivity contribution is -0.139. The highest BCUT2D eigenvalue weighted by molar-refractivity contribution is 6.09. The first kappa shape index (κ1) is 24.2. The number of likely N-dealkylation sites (tertiary alicyclic amines) is 1. The first-order chi connectivity index (χ1) is 17.3. The Morgan fingerprint density at radius 2 is 1.78 bits per heavy atom. The van der Waals surface area contributed by atoms with Crippen molar-refractivity contribution in [1.82, 2.24) is 15.1 Å². The molecule has 0 aromatic heterocycles. The minimum absolute atomic E-state index is 0.134. The molecule has 2 atom stereocenters. The number of benzene rings is 2. The number of nitrogens with zero attached hydrogens (tertiary/aromatic N) is 2. The zero-order valence-corrected chi connectivity index (χ0v) is 21.1. The molecule has 3 heterocycles. The molecule has 36 heavy (non-hydrogen) atoms. The first-order valence-corrected chi connectivity index (χ1v) is 12.7. The highest BCUT2D eigenvalue weighted by Crippen LogP contribution is 2.38. The fourth-order valence-electron chi connectivity index (χ4n) is 5.26. The third-order valence-corrected chi connectivity index (χ3v) is 7.45. The van der Waals surface area contributed by atoms with Crippen LogP contribution in [0.1, 0.15) is 68.7 Å². The van der Waals surface area contributed by atoms with Crippen LogP contribution < -0.4 is 14.8 Å². The van der Waals surface area contributed by atoms with Gasteiger partial charge in [0.1, 0.15) is 12.1 Å². The number of hydrogen-bond donors (Lipinski definition) is 1.